The van der Waals surface area contributed by atoms with E-state index in [4.69, 9.17) is 9.47 Å². The number of methoxy groups -OCH3 is 2. The van der Waals surface area contributed by atoms with Crippen molar-refractivity contribution in [3.8, 4) is 0 Å². The van der Waals surface area contributed by atoms with Crippen molar-refractivity contribution in [3.05, 3.63) is 0 Å². The molecule has 0 aromatic carbocycles. The number of rotatable bonds is 6. The summed E-state index contributed by atoms with van der Waals surface area (Å²) in [7, 11) is 2.71. The maximum absolute atomic E-state index is 12.1. The van der Waals surface area contributed by atoms with Gasteiger partial charge in [0.25, 0.3) is 5.91 Å². The lowest BCUT2D eigenvalue weighted by Crippen LogP contribution is -2.53. The molecule has 1 unspecified atom stereocenters. The summed E-state index contributed by atoms with van der Waals surface area (Å²) in [5.41, 5.74) is -0.618. The Balaban J connectivity index is 4.82. The molecule has 0 heterocycles. The molecule has 0 aliphatic rings. The Hall–Kier alpha value is -0.940. The normalized spacial score (nSPS) is 14.2. The van der Waals surface area contributed by atoms with Crippen LogP contribution in [0.5, 0.6) is 0 Å². The molecular weight excluding hydrogens is 234 g/mol. The van der Waals surface area contributed by atoms with Crippen LogP contribution in [0, 0.1) is 11.3 Å². The lowest BCUT2D eigenvalue weighted by molar-refractivity contribution is -0.201. The van der Waals surface area contributed by atoms with Crippen molar-refractivity contribution >= 4 is 11.8 Å². The standard InChI is InChI=1S/C13H25NO4/c1-8-9(2)12(3,4)10(15)14-11(16)13(5,17-6)18-7/h9H,8H2,1-7H3,(H,14,15,16). The zero-order valence-electron chi connectivity index (χ0n) is 12.4. The smallest absolute Gasteiger partial charge is 0.286 e. The molecule has 0 saturated heterocycles. The molecule has 1 atom stereocenters. The summed E-state index contributed by atoms with van der Waals surface area (Å²) in [5.74, 6) is -2.18. The summed E-state index contributed by atoms with van der Waals surface area (Å²) < 4.78 is 9.93. The van der Waals surface area contributed by atoms with Gasteiger partial charge in [0.1, 0.15) is 0 Å². The van der Waals surface area contributed by atoms with Crippen molar-refractivity contribution < 1.29 is 19.1 Å². The SMILES string of the molecule is CCC(C)C(C)(C)C(=O)NC(=O)C(C)(OC)OC. The van der Waals surface area contributed by atoms with E-state index in [1.165, 1.54) is 21.1 Å². The van der Waals surface area contributed by atoms with Crippen molar-refractivity contribution in [1.29, 1.82) is 0 Å². The zero-order chi connectivity index (χ0) is 14.6. The van der Waals surface area contributed by atoms with Crippen molar-refractivity contribution in [2.75, 3.05) is 14.2 Å². The first-order chi connectivity index (χ1) is 8.15. The molecule has 106 valence electrons. The lowest BCUT2D eigenvalue weighted by atomic mass is 9.77. The Labute approximate surface area is 109 Å². The number of nitrogens with one attached hydrogen (secondary N) is 1. The van der Waals surface area contributed by atoms with Crippen LogP contribution in [0.2, 0.25) is 0 Å². The summed E-state index contributed by atoms with van der Waals surface area (Å²) in [5, 5.41) is 2.35. The molecule has 0 bridgehead atoms. The van der Waals surface area contributed by atoms with Crippen LogP contribution in [0.1, 0.15) is 41.0 Å². The fourth-order valence-corrected chi connectivity index (χ4v) is 1.38. The number of amides is 2. The average molecular weight is 259 g/mol. The fourth-order valence-electron chi connectivity index (χ4n) is 1.38. The van der Waals surface area contributed by atoms with Gasteiger partial charge in [0.15, 0.2) is 0 Å². The molecule has 1 N–H and O–H groups in total. The fraction of sp³-hybridized carbons (Fsp3) is 0.846. The quantitative estimate of drug-likeness (QED) is 0.737. The molecule has 5 nitrogen and oxygen atoms in total. The first-order valence-corrected chi connectivity index (χ1v) is 6.11. The zero-order valence-corrected chi connectivity index (χ0v) is 12.4. The topological polar surface area (TPSA) is 64.6 Å². The van der Waals surface area contributed by atoms with Gasteiger partial charge in [0.05, 0.1) is 0 Å². The van der Waals surface area contributed by atoms with Gasteiger partial charge in [-0.05, 0) is 12.8 Å². The van der Waals surface area contributed by atoms with Crippen LogP contribution in [0.3, 0.4) is 0 Å². The predicted molar refractivity (Wildman–Crippen MR) is 68.8 cm³/mol. The van der Waals surface area contributed by atoms with Gasteiger partial charge in [-0.2, -0.15) is 0 Å². The number of hydrogen-bond acceptors (Lipinski definition) is 4. The van der Waals surface area contributed by atoms with Crippen molar-refractivity contribution in [2.24, 2.45) is 11.3 Å². The molecule has 0 saturated carbocycles. The second kappa shape index (κ2) is 6.29. The molecule has 0 rings (SSSR count). The highest BCUT2D eigenvalue weighted by Gasteiger charge is 2.39. The highest BCUT2D eigenvalue weighted by Crippen LogP contribution is 2.29. The minimum atomic E-state index is -1.44. The van der Waals surface area contributed by atoms with Crippen LogP contribution in [0.25, 0.3) is 0 Å². The molecule has 0 aromatic rings. The van der Waals surface area contributed by atoms with Crippen molar-refractivity contribution in [2.45, 2.75) is 46.8 Å². The van der Waals surface area contributed by atoms with Crippen LogP contribution in [-0.2, 0) is 19.1 Å². The Morgan fingerprint density at radius 3 is 1.89 bits per heavy atom. The Morgan fingerprint density at radius 2 is 1.56 bits per heavy atom. The molecule has 18 heavy (non-hydrogen) atoms. The van der Waals surface area contributed by atoms with Crippen LogP contribution < -0.4 is 5.32 Å². The van der Waals surface area contributed by atoms with E-state index in [0.717, 1.165) is 6.42 Å². The monoisotopic (exact) mass is 259 g/mol. The number of carbonyl (C=O) groups excluding carboxylic acids is 2. The van der Waals surface area contributed by atoms with Gasteiger partial charge < -0.3 is 9.47 Å². The Morgan fingerprint density at radius 1 is 1.11 bits per heavy atom. The first-order valence-electron chi connectivity index (χ1n) is 6.11. The lowest BCUT2D eigenvalue weighted by Gasteiger charge is -2.31. The van der Waals surface area contributed by atoms with Crippen LogP contribution in [0.15, 0.2) is 0 Å². The van der Waals surface area contributed by atoms with E-state index in [1.54, 1.807) is 0 Å². The van der Waals surface area contributed by atoms with Crippen LogP contribution in [-0.4, -0.2) is 31.8 Å². The minimum absolute atomic E-state index is 0.168. The van der Waals surface area contributed by atoms with E-state index in [-0.39, 0.29) is 11.8 Å². The molecule has 5 heteroatoms. The van der Waals surface area contributed by atoms with Gasteiger partial charge in [0.2, 0.25) is 11.7 Å². The van der Waals surface area contributed by atoms with Gasteiger partial charge in [-0.3, -0.25) is 14.9 Å². The van der Waals surface area contributed by atoms with Crippen molar-refractivity contribution in [3.63, 3.8) is 0 Å². The number of carbonyl (C=O) groups is 2. The van der Waals surface area contributed by atoms with Crippen LogP contribution >= 0.6 is 0 Å². The van der Waals surface area contributed by atoms with Gasteiger partial charge in [-0.15, -0.1) is 0 Å². The minimum Gasteiger partial charge on any atom is -0.346 e. The summed E-state index contributed by atoms with van der Waals surface area (Å²) in [6.45, 7) is 9.10. The molecular formula is C13H25NO4. The van der Waals surface area contributed by atoms with E-state index >= 15 is 0 Å². The third kappa shape index (κ3) is 3.53. The van der Waals surface area contributed by atoms with Crippen LogP contribution in [0.4, 0.5) is 0 Å². The third-order valence-electron chi connectivity index (χ3n) is 3.85. The molecule has 0 aliphatic carbocycles. The largest absolute Gasteiger partial charge is 0.346 e. The maximum atomic E-state index is 12.1. The van der Waals surface area contributed by atoms with E-state index < -0.39 is 17.1 Å². The van der Waals surface area contributed by atoms with E-state index in [9.17, 15) is 9.59 Å². The van der Waals surface area contributed by atoms with Gasteiger partial charge in [-0.1, -0.05) is 34.1 Å². The highest BCUT2D eigenvalue weighted by molar-refractivity contribution is 6.00. The van der Waals surface area contributed by atoms with Gasteiger partial charge in [0, 0.05) is 19.6 Å². The number of hydrogen-bond donors (Lipinski definition) is 1. The van der Waals surface area contributed by atoms with E-state index in [1.807, 2.05) is 27.7 Å². The molecule has 0 aliphatic heterocycles. The maximum Gasteiger partial charge on any atom is 0.286 e. The molecule has 0 spiro atoms. The van der Waals surface area contributed by atoms with Gasteiger partial charge >= 0.3 is 0 Å². The summed E-state index contributed by atoms with van der Waals surface area (Å²) >= 11 is 0. The average Bonchev–Trinajstić information content (AvgIpc) is 2.36. The summed E-state index contributed by atoms with van der Waals surface area (Å²) in [6, 6.07) is 0. The first kappa shape index (κ1) is 17.1. The number of ether oxygens (including phenoxy) is 2. The van der Waals surface area contributed by atoms with Crippen molar-refractivity contribution in [1.82, 2.24) is 5.32 Å². The van der Waals surface area contributed by atoms with E-state index in [0.29, 0.717) is 0 Å². The second-order valence-electron chi connectivity index (χ2n) is 5.17. The molecule has 0 radical (unpaired) electrons. The predicted octanol–water partition coefficient (Wildman–Crippen LogP) is 1.71. The van der Waals surface area contributed by atoms with Gasteiger partial charge in [-0.25, -0.2) is 0 Å². The molecule has 2 amide bonds. The molecule has 0 aromatic heterocycles. The summed E-state index contributed by atoms with van der Waals surface area (Å²) in [4.78, 5) is 24.0. The number of imide groups is 1. The molecule has 0 fully saturated rings. The van der Waals surface area contributed by atoms with E-state index in [2.05, 4.69) is 5.32 Å². The Kier molecular flexibility index (Phi) is 5.96. The summed E-state index contributed by atoms with van der Waals surface area (Å²) in [6.07, 6.45) is 0.862. The Bertz CT molecular complexity index is 308. The highest BCUT2D eigenvalue weighted by atomic mass is 16.7. The third-order valence-corrected chi connectivity index (χ3v) is 3.85. The second-order valence-corrected chi connectivity index (χ2v) is 5.17.